The standard InChI is InChI=1S/C9H14N2O3/c12-8-2-1-6(9(13)11-8)7-5-10-3-4-14-7/h6-7,10H,1-5H2,(H,11,12,13). The van der Waals surface area contributed by atoms with Gasteiger partial charge in [-0.3, -0.25) is 14.9 Å². The number of carbonyl (C=O) groups is 2. The maximum atomic E-state index is 11.5. The predicted octanol–water partition coefficient (Wildman–Crippen LogP) is -0.972. The van der Waals surface area contributed by atoms with Crippen molar-refractivity contribution in [2.75, 3.05) is 19.7 Å². The largest absolute Gasteiger partial charge is 0.375 e. The van der Waals surface area contributed by atoms with Crippen molar-refractivity contribution >= 4 is 11.8 Å². The Morgan fingerprint density at radius 1 is 1.36 bits per heavy atom. The molecule has 2 amide bonds. The van der Waals surface area contributed by atoms with Crippen molar-refractivity contribution in [2.45, 2.75) is 18.9 Å². The zero-order valence-electron chi connectivity index (χ0n) is 7.91. The molecule has 0 bridgehead atoms. The number of piperidine rings is 1. The fraction of sp³-hybridized carbons (Fsp3) is 0.778. The lowest BCUT2D eigenvalue weighted by atomic mass is 9.92. The van der Waals surface area contributed by atoms with Crippen LogP contribution in [0.2, 0.25) is 0 Å². The van der Waals surface area contributed by atoms with Gasteiger partial charge in [0, 0.05) is 19.5 Å². The van der Waals surface area contributed by atoms with Gasteiger partial charge in [-0.1, -0.05) is 0 Å². The Morgan fingerprint density at radius 3 is 2.86 bits per heavy atom. The highest BCUT2D eigenvalue weighted by Gasteiger charge is 2.34. The van der Waals surface area contributed by atoms with E-state index < -0.39 is 0 Å². The molecule has 0 aliphatic carbocycles. The monoisotopic (exact) mass is 198 g/mol. The van der Waals surface area contributed by atoms with Gasteiger partial charge in [0.15, 0.2) is 0 Å². The summed E-state index contributed by atoms with van der Waals surface area (Å²) in [7, 11) is 0. The molecule has 0 radical (unpaired) electrons. The average molecular weight is 198 g/mol. The number of nitrogens with one attached hydrogen (secondary N) is 2. The fourth-order valence-electron chi connectivity index (χ4n) is 1.91. The zero-order valence-corrected chi connectivity index (χ0v) is 7.91. The summed E-state index contributed by atoms with van der Waals surface area (Å²) in [6.45, 7) is 2.18. The average Bonchev–Trinajstić information content (AvgIpc) is 2.19. The van der Waals surface area contributed by atoms with Crippen LogP contribution in [0.15, 0.2) is 0 Å². The molecule has 5 nitrogen and oxygen atoms in total. The normalized spacial score (nSPS) is 34.0. The van der Waals surface area contributed by atoms with Crippen molar-refractivity contribution in [3.8, 4) is 0 Å². The Morgan fingerprint density at radius 2 is 2.21 bits per heavy atom. The minimum absolute atomic E-state index is 0.0724. The Balaban J connectivity index is 1.95. The first-order valence-electron chi connectivity index (χ1n) is 4.93. The van der Waals surface area contributed by atoms with E-state index in [1.54, 1.807) is 0 Å². The van der Waals surface area contributed by atoms with E-state index in [9.17, 15) is 9.59 Å². The molecule has 2 unspecified atom stereocenters. The highest BCUT2D eigenvalue weighted by molar-refractivity contribution is 5.98. The molecule has 0 spiro atoms. The molecule has 2 saturated heterocycles. The lowest BCUT2D eigenvalue weighted by molar-refractivity contribution is -0.141. The molecule has 14 heavy (non-hydrogen) atoms. The maximum absolute atomic E-state index is 11.5. The summed E-state index contributed by atoms with van der Waals surface area (Å²) in [5, 5.41) is 5.51. The first-order valence-corrected chi connectivity index (χ1v) is 4.93. The van der Waals surface area contributed by atoms with E-state index in [4.69, 9.17) is 4.74 Å². The van der Waals surface area contributed by atoms with Crippen LogP contribution in [0, 0.1) is 5.92 Å². The number of hydrogen-bond acceptors (Lipinski definition) is 4. The number of imide groups is 1. The Kier molecular flexibility index (Phi) is 2.79. The topological polar surface area (TPSA) is 67.4 Å². The van der Waals surface area contributed by atoms with Gasteiger partial charge in [-0.2, -0.15) is 0 Å². The maximum Gasteiger partial charge on any atom is 0.232 e. The number of amides is 2. The fourth-order valence-corrected chi connectivity index (χ4v) is 1.91. The molecule has 0 aromatic rings. The third kappa shape index (κ3) is 1.93. The molecule has 2 rings (SSSR count). The van der Waals surface area contributed by atoms with Gasteiger partial charge in [-0.25, -0.2) is 0 Å². The van der Waals surface area contributed by atoms with E-state index >= 15 is 0 Å². The van der Waals surface area contributed by atoms with Crippen molar-refractivity contribution in [3.63, 3.8) is 0 Å². The molecule has 0 aromatic carbocycles. The Bertz CT molecular complexity index is 248. The molecule has 2 fully saturated rings. The van der Waals surface area contributed by atoms with E-state index in [0.29, 0.717) is 26.0 Å². The first-order chi connectivity index (χ1) is 6.77. The van der Waals surface area contributed by atoms with E-state index in [1.165, 1.54) is 0 Å². The summed E-state index contributed by atoms with van der Waals surface area (Å²) in [5.41, 5.74) is 0. The van der Waals surface area contributed by atoms with Crippen molar-refractivity contribution < 1.29 is 14.3 Å². The minimum Gasteiger partial charge on any atom is -0.375 e. The summed E-state index contributed by atoms with van der Waals surface area (Å²) >= 11 is 0. The lowest BCUT2D eigenvalue weighted by Gasteiger charge is -2.31. The van der Waals surface area contributed by atoms with Crippen molar-refractivity contribution in [1.29, 1.82) is 0 Å². The van der Waals surface area contributed by atoms with Gasteiger partial charge in [-0.05, 0) is 6.42 Å². The second-order valence-electron chi connectivity index (χ2n) is 3.67. The van der Waals surface area contributed by atoms with Crippen LogP contribution >= 0.6 is 0 Å². The first kappa shape index (κ1) is 9.61. The highest BCUT2D eigenvalue weighted by Crippen LogP contribution is 2.19. The summed E-state index contributed by atoms with van der Waals surface area (Å²) < 4.78 is 5.49. The molecular weight excluding hydrogens is 184 g/mol. The molecular formula is C9H14N2O3. The summed E-state index contributed by atoms with van der Waals surface area (Å²) in [4.78, 5) is 22.4. The number of carbonyl (C=O) groups excluding carboxylic acids is 2. The van der Waals surface area contributed by atoms with Crippen molar-refractivity contribution in [3.05, 3.63) is 0 Å². The van der Waals surface area contributed by atoms with Gasteiger partial charge in [0.1, 0.15) is 0 Å². The third-order valence-corrected chi connectivity index (χ3v) is 2.69. The molecule has 2 aliphatic rings. The van der Waals surface area contributed by atoms with Gasteiger partial charge >= 0.3 is 0 Å². The van der Waals surface area contributed by atoms with Gasteiger partial charge in [0.2, 0.25) is 11.8 Å². The van der Waals surface area contributed by atoms with Crippen LogP contribution in [0.4, 0.5) is 0 Å². The summed E-state index contributed by atoms with van der Waals surface area (Å²) in [5.74, 6) is -0.523. The molecule has 5 heteroatoms. The smallest absolute Gasteiger partial charge is 0.232 e. The number of morpholine rings is 1. The predicted molar refractivity (Wildman–Crippen MR) is 48.5 cm³/mol. The summed E-state index contributed by atoms with van der Waals surface area (Å²) in [6.07, 6.45) is 0.963. The van der Waals surface area contributed by atoms with Crippen molar-refractivity contribution in [2.24, 2.45) is 5.92 Å². The van der Waals surface area contributed by atoms with Crippen LogP contribution in [0.25, 0.3) is 0 Å². The number of hydrogen-bond donors (Lipinski definition) is 2. The van der Waals surface area contributed by atoms with Gasteiger partial charge in [0.05, 0.1) is 18.6 Å². The second kappa shape index (κ2) is 4.06. The van der Waals surface area contributed by atoms with Gasteiger partial charge in [0.25, 0.3) is 0 Å². The molecule has 2 aliphatic heterocycles. The molecule has 2 heterocycles. The van der Waals surface area contributed by atoms with Crippen LogP contribution in [-0.4, -0.2) is 37.6 Å². The SMILES string of the molecule is O=C1CCC(C2CNCCO2)C(=O)N1. The molecule has 2 N–H and O–H groups in total. The molecule has 78 valence electrons. The van der Waals surface area contributed by atoms with E-state index in [0.717, 1.165) is 6.54 Å². The van der Waals surface area contributed by atoms with Crippen LogP contribution in [0.1, 0.15) is 12.8 Å². The molecule has 0 saturated carbocycles. The van der Waals surface area contributed by atoms with E-state index in [2.05, 4.69) is 10.6 Å². The molecule has 0 aromatic heterocycles. The van der Waals surface area contributed by atoms with Crippen LogP contribution in [-0.2, 0) is 14.3 Å². The lowest BCUT2D eigenvalue weighted by Crippen LogP contribution is -2.51. The van der Waals surface area contributed by atoms with Gasteiger partial charge < -0.3 is 10.1 Å². The number of ether oxygens (including phenoxy) is 1. The Hall–Kier alpha value is -0.940. The van der Waals surface area contributed by atoms with Crippen LogP contribution in [0.5, 0.6) is 0 Å². The summed E-state index contributed by atoms with van der Waals surface area (Å²) in [6, 6.07) is 0. The highest BCUT2D eigenvalue weighted by atomic mass is 16.5. The third-order valence-electron chi connectivity index (χ3n) is 2.69. The zero-order chi connectivity index (χ0) is 9.97. The molecule has 2 atom stereocenters. The van der Waals surface area contributed by atoms with E-state index in [1.807, 2.05) is 0 Å². The van der Waals surface area contributed by atoms with Gasteiger partial charge in [-0.15, -0.1) is 0 Å². The van der Waals surface area contributed by atoms with Crippen LogP contribution < -0.4 is 10.6 Å². The number of rotatable bonds is 1. The van der Waals surface area contributed by atoms with E-state index in [-0.39, 0.29) is 23.8 Å². The quantitative estimate of drug-likeness (QED) is 0.532. The van der Waals surface area contributed by atoms with Crippen LogP contribution in [0.3, 0.4) is 0 Å². The Labute approximate surface area is 82.2 Å². The van der Waals surface area contributed by atoms with Crippen molar-refractivity contribution in [1.82, 2.24) is 10.6 Å². The second-order valence-corrected chi connectivity index (χ2v) is 3.67. The minimum atomic E-state index is -0.185.